The van der Waals surface area contributed by atoms with Crippen molar-refractivity contribution in [3.63, 3.8) is 0 Å². The van der Waals surface area contributed by atoms with Crippen molar-refractivity contribution in [2.75, 3.05) is 26.9 Å². The Kier molecular flexibility index (Phi) is 6.61. The number of hydrogen-bond donors (Lipinski definition) is 3. The highest BCUT2D eigenvalue weighted by atomic mass is 16.5. The molecule has 2 aromatic carbocycles. The molecule has 8 heteroatoms. The predicted octanol–water partition coefficient (Wildman–Crippen LogP) is 3.30. The van der Waals surface area contributed by atoms with E-state index >= 15 is 0 Å². The number of benzene rings is 2. The van der Waals surface area contributed by atoms with Crippen LogP contribution in [0.2, 0.25) is 0 Å². The molecule has 0 radical (unpaired) electrons. The molecule has 8 nitrogen and oxygen atoms in total. The average molecular weight is 467 g/mol. The van der Waals surface area contributed by atoms with E-state index < -0.39 is 28.9 Å². The Bertz CT molecular complexity index is 1050. The molecule has 1 atom stereocenters. The number of carboxylic acid groups (broad SMARTS) is 1. The highest BCUT2D eigenvalue weighted by Crippen LogP contribution is 2.45. The summed E-state index contributed by atoms with van der Waals surface area (Å²) < 4.78 is 10.8. The van der Waals surface area contributed by atoms with Gasteiger partial charge in [0.1, 0.15) is 12.1 Å². The van der Waals surface area contributed by atoms with E-state index in [4.69, 9.17) is 9.47 Å². The number of methoxy groups -OCH3 is 1. The zero-order valence-corrected chi connectivity index (χ0v) is 19.4. The minimum Gasteiger partial charge on any atom is -0.481 e. The molecule has 2 aliphatic rings. The summed E-state index contributed by atoms with van der Waals surface area (Å²) in [5, 5.41) is 14.8. The maximum Gasteiger partial charge on any atom is 0.408 e. The highest BCUT2D eigenvalue weighted by Gasteiger charge is 2.51. The topological polar surface area (TPSA) is 114 Å². The van der Waals surface area contributed by atoms with Crippen LogP contribution in [0, 0.1) is 5.41 Å². The number of aliphatic carboxylic acids is 1. The number of rotatable bonds is 10. The van der Waals surface area contributed by atoms with Crippen molar-refractivity contribution < 1.29 is 29.0 Å². The Hall–Kier alpha value is -3.39. The van der Waals surface area contributed by atoms with E-state index in [0.717, 1.165) is 22.3 Å². The van der Waals surface area contributed by atoms with Gasteiger partial charge >= 0.3 is 12.1 Å². The minimum absolute atomic E-state index is 0.0129. The third-order valence-electron chi connectivity index (χ3n) is 7.01. The minimum atomic E-state index is -1.37. The lowest BCUT2D eigenvalue weighted by molar-refractivity contribution is -0.143. The lowest BCUT2D eigenvalue weighted by Crippen LogP contribution is -2.62. The largest absolute Gasteiger partial charge is 0.481 e. The zero-order chi connectivity index (χ0) is 24.3. The predicted molar refractivity (Wildman–Crippen MR) is 125 cm³/mol. The van der Waals surface area contributed by atoms with Crippen LogP contribution in [0.5, 0.6) is 0 Å². The van der Waals surface area contributed by atoms with E-state index in [-0.39, 0.29) is 32.1 Å². The van der Waals surface area contributed by atoms with Crippen LogP contribution in [0.1, 0.15) is 43.2 Å². The number of carbonyl (C=O) groups excluding carboxylic acids is 2. The van der Waals surface area contributed by atoms with E-state index in [0.29, 0.717) is 12.8 Å². The van der Waals surface area contributed by atoms with Crippen LogP contribution >= 0.6 is 0 Å². The van der Waals surface area contributed by atoms with Gasteiger partial charge in [0.25, 0.3) is 0 Å². The summed E-state index contributed by atoms with van der Waals surface area (Å²) in [5.41, 5.74) is 2.16. The molecular weight excluding hydrogens is 436 g/mol. The van der Waals surface area contributed by atoms with Crippen LogP contribution in [0.4, 0.5) is 4.79 Å². The first-order valence-electron chi connectivity index (χ1n) is 11.5. The zero-order valence-electron chi connectivity index (χ0n) is 19.4. The Morgan fingerprint density at radius 2 is 1.65 bits per heavy atom. The maximum atomic E-state index is 13.1. The fourth-order valence-corrected chi connectivity index (χ4v) is 4.62. The van der Waals surface area contributed by atoms with Crippen molar-refractivity contribution in [2.24, 2.45) is 5.41 Å². The van der Waals surface area contributed by atoms with Gasteiger partial charge < -0.3 is 25.2 Å². The molecule has 0 saturated heterocycles. The molecule has 3 N–H and O–H groups in total. The van der Waals surface area contributed by atoms with Gasteiger partial charge in [0.2, 0.25) is 5.91 Å². The first kappa shape index (κ1) is 23.8. The van der Waals surface area contributed by atoms with Gasteiger partial charge in [-0.3, -0.25) is 9.59 Å². The van der Waals surface area contributed by atoms with Crippen LogP contribution in [0.25, 0.3) is 11.1 Å². The molecule has 2 aromatic rings. The van der Waals surface area contributed by atoms with Crippen molar-refractivity contribution in [3.05, 3.63) is 59.7 Å². The molecule has 2 aliphatic carbocycles. The lowest BCUT2D eigenvalue weighted by Gasteiger charge is -2.32. The molecule has 1 saturated carbocycles. The fraction of sp³-hybridized carbons (Fsp3) is 0.423. The quantitative estimate of drug-likeness (QED) is 0.495. The third-order valence-corrected chi connectivity index (χ3v) is 7.01. The molecule has 0 heterocycles. The number of nitrogens with one attached hydrogen (secondary N) is 2. The van der Waals surface area contributed by atoms with Crippen LogP contribution < -0.4 is 10.6 Å². The average Bonchev–Trinajstić information content (AvgIpc) is 3.58. The number of fused-ring (bicyclic) bond motifs is 3. The van der Waals surface area contributed by atoms with Crippen LogP contribution in [-0.2, 0) is 19.1 Å². The van der Waals surface area contributed by atoms with Crippen LogP contribution in [-0.4, -0.2) is 55.5 Å². The fourth-order valence-electron chi connectivity index (χ4n) is 4.62. The third kappa shape index (κ3) is 4.37. The first-order chi connectivity index (χ1) is 16.4. The van der Waals surface area contributed by atoms with Gasteiger partial charge in [-0.05, 0) is 41.5 Å². The van der Waals surface area contributed by atoms with E-state index in [1.54, 1.807) is 6.92 Å². The highest BCUT2D eigenvalue weighted by molar-refractivity contribution is 5.91. The van der Waals surface area contributed by atoms with Gasteiger partial charge in [0.15, 0.2) is 0 Å². The standard InChI is InChI=1S/C26H30N2O6/c1-3-26(16-33-2,22(29)27-15-25(12-13-25)23(30)31)28-24(32)34-14-21-19-10-6-4-8-17(19)18-9-5-7-11-20(18)21/h4-11,21H,3,12-16H2,1-2H3,(H,27,29)(H,28,32)(H,30,31). The van der Waals surface area contributed by atoms with E-state index in [2.05, 4.69) is 22.8 Å². The summed E-state index contributed by atoms with van der Waals surface area (Å²) in [5.74, 6) is -1.51. The molecule has 0 aliphatic heterocycles. The number of carboxylic acids is 1. The Morgan fingerprint density at radius 3 is 2.15 bits per heavy atom. The van der Waals surface area contributed by atoms with Gasteiger partial charge in [-0.2, -0.15) is 0 Å². The molecule has 2 amide bonds. The van der Waals surface area contributed by atoms with E-state index in [1.807, 2.05) is 36.4 Å². The molecule has 1 fully saturated rings. The number of carbonyl (C=O) groups is 3. The molecule has 4 rings (SSSR count). The molecule has 1 unspecified atom stereocenters. The van der Waals surface area contributed by atoms with Gasteiger partial charge in [0.05, 0.1) is 12.0 Å². The lowest BCUT2D eigenvalue weighted by atomic mass is 9.95. The second kappa shape index (κ2) is 9.46. The summed E-state index contributed by atoms with van der Waals surface area (Å²) in [4.78, 5) is 37.3. The molecular formula is C26H30N2O6. The number of ether oxygens (including phenoxy) is 2. The Labute approximate surface area is 198 Å². The number of amides is 2. The van der Waals surface area contributed by atoms with E-state index in [9.17, 15) is 19.5 Å². The summed E-state index contributed by atoms with van der Waals surface area (Å²) in [6.07, 6.45) is 0.560. The molecule has 180 valence electrons. The van der Waals surface area contributed by atoms with Crippen molar-refractivity contribution in [3.8, 4) is 11.1 Å². The summed E-state index contributed by atoms with van der Waals surface area (Å²) in [6.45, 7) is 1.82. The number of alkyl carbamates (subject to hydrolysis) is 1. The van der Waals surface area contributed by atoms with Gasteiger partial charge in [-0.1, -0.05) is 55.5 Å². The Balaban J connectivity index is 1.43. The summed E-state index contributed by atoms with van der Waals surface area (Å²) in [7, 11) is 1.44. The van der Waals surface area contributed by atoms with Crippen molar-refractivity contribution in [1.82, 2.24) is 10.6 Å². The van der Waals surface area contributed by atoms with Crippen molar-refractivity contribution >= 4 is 18.0 Å². The van der Waals surface area contributed by atoms with Crippen molar-refractivity contribution in [2.45, 2.75) is 37.6 Å². The summed E-state index contributed by atoms with van der Waals surface area (Å²) in [6, 6.07) is 16.1. The second-order valence-electron chi connectivity index (χ2n) is 9.09. The summed E-state index contributed by atoms with van der Waals surface area (Å²) >= 11 is 0. The molecule has 0 spiro atoms. The van der Waals surface area contributed by atoms with Gasteiger partial charge in [-0.15, -0.1) is 0 Å². The second-order valence-corrected chi connectivity index (χ2v) is 9.09. The van der Waals surface area contributed by atoms with Gasteiger partial charge in [0, 0.05) is 19.6 Å². The maximum absolute atomic E-state index is 13.1. The monoisotopic (exact) mass is 466 g/mol. The number of hydrogen-bond acceptors (Lipinski definition) is 5. The van der Waals surface area contributed by atoms with E-state index in [1.165, 1.54) is 7.11 Å². The van der Waals surface area contributed by atoms with Crippen LogP contribution in [0.15, 0.2) is 48.5 Å². The van der Waals surface area contributed by atoms with Crippen LogP contribution in [0.3, 0.4) is 0 Å². The molecule has 0 bridgehead atoms. The smallest absolute Gasteiger partial charge is 0.408 e. The molecule has 34 heavy (non-hydrogen) atoms. The van der Waals surface area contributed by atoms with Gasteiger partial charge in [-0.25, -0.2) is 4.79 Å². The molecule has 0 aromatic heterocycles. The first-order valence-corrected chi connectivity index (χ1v) is 11.5. The SMILES string of the molecule is CCC(COC)(NC(=O)OCC1c2ccccc2-c2ccccc21)C(=O)NCC1(C(=O)O)CC1. The van der Waals surface area contributed by atoms with Crippen molar-refractivity contribution in [1.29, 1.82) is 0 Å². The normalized spacial score (nSPS) is 17.1. The Morgan fingerprint density at radius 1 is 1.06 bits per heavy atom.